The van der Waals surface area contributed by atoms with Crippen LogP contribution >= 0.6 is 11.3 Å². The van der Waals surface area contributed by atoms with Crippen molar-refractivity contribution in [2.75, 3.05) is 26.2 Å². The summed E-state index contributed by atoms with van der Waals surface area (Å²) < 4.78 is 19.5. The Kier molecular flexibility index (Phi) is 8.18. The maximum Gasteiger partial charge on any atom is 0.242 e. The van der Waals surface area contributed by atoms with Crippen LogP contribution in [0.25, 0.3) is 0 Å². The molecule has 1 aliphatic rings. The minimum Gasteiger partial charge on any atom is -0.491 e. The molecule has 0 aliphatic carbocycles. The quantitative estimate of drug-likeness (QED) is 0.415. The number of benzene rings is 2. The van der Waals surface area contributed by atoms with Gasteiger partial charge in [0.25, 0.3) is 0 Å². The van der Waals surface area contributed by atoms with Crippen molar-refractivity contribution in [1.29, 1.82) is 0 Å². The van der Waals surface area contributed by atoms with E-state index < -0.39 is 0 Å². The molecule has 0 N–H and O–H groups in total. The Morgan fingerprint density at radius 2 is 1.94 bits per heavy atom. The molecule has 1 aliphatic heterocycles. The topological polar surface area (TPSA) is 49.9 Å². The van der Waals surface area contributed by atoms with Crippen LogP contribution in [0.1, 0.15) is 35.9 Å². The van der Waals surface area contributed by atoms with Gasteiger partial charge in [-0.2, -0.15) is 0 Å². The number of carbonyl (C=O) groups excluding carboxylic acids is 2. The maximum absolute atomic E-state index is 13.6. The van der Waals surface area contributed by atoms with Crippen LogP contribution in [-0.4, -0.2) is 47.9 Å². The molecule has 1 atom stereocenters. The number of halogens is 1. The molecule has 0 fully saturated rings. The smallest absolute Gasteiger partial charge is 0.242 e. The van der Waals surface area contributed by atoms with Crippen molar-refractivity contribution < 1.29 is 18.7 Å². The van der Waals surface area contributed by atoms with Gasteiger partial charge in [0, 0.05) is 24.0 Å². The van der Waals surface area contributed by atoms with Crippen molar-refractivity contribution in [2.45, 2.75) is 32.7 Å². The van der Waals surface area contributed by atoms with E-state index in [0.29, 0.717) is 18.8 Å². The number of amides is 2. The summed E-state index contributed by atoms with van der Waals surface area (Å²) in [5.41, 5.74) is 2.00. The molecule has 0 unspecified atom stereocenters. The fourth-order valence-corrected chi connectivity index (χ4v) is 5.37. The first-order chi connectivity index (χ1) is 16.9. The third-order valence-electron chi connectivity index (χ3n) is 6.08. The normalized spacial score (nSPS) is 15.1. The highest BCUT2D eigenvalue weighted by Gasteiger charge is 2.33. The van der Waals surface area contributed by atoms with E-state index in [0.717, 1.165) is 17.5 Å². The van der Waals surface area contributed by atoms with Gasteiger partial charge in [-0.3, -0.25) is 9.59 Å². The molecule has 0 saturated heterocycles. The molecule has 0 spiro atoms. The van der Waals surface area contributed by atoms with Crippen molar-refractivity contribution in [3.8, 4) is 5.75 Å². The summed E-state index contributed by atoms with van der Waals surface area (Å²) in [6.45, 7) is 5.41. The molecule has 2 aromatic carbocycles. The van der Waals surface area contributed by atoms with Crippen molar-refractivity contribution >= 4 is 23.2 Å². The fraction of sp³-hybridized carbons (Fsp3) is 0.357. The Bertz CT molecular complexity index is 1150. The molecule has 5 nitrogen and oxygen atoms in total. The lowest BCUT2D eigenvalue weighted by Crippen LogP contribution is -2.48. The van der Waals surface area contributed by atoms with E-state index in [1.54, 1.807) is 28.4 Å². The second-order valence-electron chi connectivity index (χ2n) is 9.25. The first-order valence-corrected chi connectivity index (χ1v) is 12.8. The molecular formula is C28H31FN2O3S. The fourth-order valence-electron chi connectivity index (χ4n) is 4.44. The van der Waals surface area contributed by atoms with Gasteiger partial charge in [-0.1, -0.05) is 50.2 Å². The average Bonchev–Trinajstić information content (AvgIpc) is 3.31. The predicted octanol–water partition coefficient (Wildman–Crippen LogP) is 5.12. The highest BCUT2D eigenvalue weighted by atomic mass is 32.1. The van der Waals surface area contributed by atoms with Crippen molar-refractivity contribution in [3.05, 3.63) is 87.9 Å². The van der Waals surface area contributed by atoms with Crippen LogP contribution in [0.2, 0.25) is 0 Å². The van der Waals surface area contributed by atoms with Crippen LogP contribution in [0.3, 0.4) is 0 Å². The molecular weight excluding hydrogens is 463 g/mol. The Morgan fingerprint density at radius 1 is 1.14 bits per heavy atom. The summed E-state index contributed by atoms with van der Waals surface area (Å²) in [5, 5.41) is 2.03. The Balaban J connectivity index is 1.49. The minimum atomic E-state index is -0.364. The largest absolute Gasteiger partial charge is 0.491 e. The van der Waals surface area contributed by atoms with Crippen LogP contribution in [0.5, 0.6) is 5.75 Å². The van der Waals surface area contributed by atoms with Crippen LogP contribution in [0, 0.1) is 11.7 Å². The molecule has 1 aromatic heterocycles. The number of ether oxygens (including phenoxy) is 1. The van der Waals surface area contributed by atoms with Gasteiger partial charge in [0.2, 0.25) is 11.8 Å². The zero-order valence-electron chi connectivity index (χ0n) is 20.2. The Morgan fingerprint density at radius 3 is 2.69 bits per heavy atom. The van der Waals surface area contributed by atoms with Gasteiger partial charge in [0.05, 0.1) is 19.0 Å². The first kappa shape index (κ1) is 24.9. The highest BCUT2D eigenvalue weighted by Crippen LogP contribution is 2.34. The lowest BCUT2D eigenvalue weighted by Gasteiger charge is -2.37. The lowest BCUT2D eigenvalue weighted by molar-refractivity contribution is -0.142. The number of rotatable bonds is 9. The molecule has 3 aromatic rings. The van der Waals surface area contributed by atoms with Crippen molar-refractivity contribution in [2.24, 2.45) is 5.92 Å². The van der Waals surface area contributed by atoms with E-state index in [-0.39, 0.29) is 49.2 Å². The molecule has 0 saturated carbocycles. The van der Waals surface area contributed by atoms with Gasteiger partial charge in [0.15, 0.2) is 0 Å². The Hall–Kier alpha value is -3.19. The van der Waals surface area contributed by atoms with E-state index >= 15 is 0 Å². The van der Waals surface area contributed by atoms with Gasteiger partial charge >= 0.3 is 0 Å². The summed E-state index contributed by atoms with van der Waals surface area (Å²) in [5.74, 6) is 0.144. The van der Waals surface area contributed by atoms with Crippen molar-refractivity contribution in [3.63, 3.8) is 0 Å². The molecule has 4 rings (SSSR count). The number of nitrogens with zero attached hydrogens (tertiary/aromatic N) is 2. The van der Waals surface area contributed by atoms with Gasteiger partial charge < -0.3 is 14.5 Å². The second kappa shape index (κ2) is 11.5. The first-order valence-electron chi connectivity index (χ1n) is 12.0. The monoisotopic (exact) mass is 494 g/mol. The van der Waals surface area contributed by atoms with Crippen LogP contribution in [0.4, 0.5) is 4.39 Å². The molecule has 2 heterocycles. The summed E-state index contributed by atoms with van der Waals surface area (Å²) in [7, 11) is 0. The zero-order chi connectivity index (χ0) is 24.8. The second-order valence-corrected chi connectivity index (χ2v) is 10.3. The maximum atomic E-state index is 13.6. The summed E-state index contributed by atoms with van der Waals surface area (Å²) in [4.78, 5) is 31.4. The third kappa shape index (κ3) is 6.48. The van der Waals surface area contributed by atoms with Crippen LogP contribution in [-0.2, 0) is 22.4 Å². The van der Waals surface area contributed by atoms with E-state index in [2.05, 4.69) is 0 Å². The number of hydrogen-bond donors (Lipinski definition) is 0. The molecule has 2 amide bonds. The van der Waals surface area contributed by atoms with Gasteiger partial charge in [-0.25, -0.2) is 4.39 Å². The van der Waals surface area contributed by atoms with Crippen molar-refractivity contribution in [1.82, 2.24) is 9.80 Å². The highest BCUT2D eigenvalue weighted by molar-refractivity contribution is 7.10. The standard InChI is InChI=1S/C28H31FN2O3S/c1-20(2)17-30(27(32)15-21-7-4-3-5-8-21)18-28(33)31-13-11-26-24(12-14-35-26)25(31)19-34-23-10-6-9-22(29)16-23/h3-10,12,14,16,20,25H,11,13,15,17-19H2,1-2H3/t25-/m1/s1. The van der Waals surface area contributed by atoms with Gasteiger partial charge in [0.1, 0.15) is 18.2 Å². The Labute approximate surface area is 210 Å². The van der Waals surface area contributed by atoms with E-state index in [9.17, 15) is 14.0 Å². The SMILES string of the molecule is CC(C)CN(CC(=O)N1CCc2sccc2[C@H]1COc1cccc(F)c1)C(=O)Cc1ccccc1. The molecule has 184 valence electrons. The number of carbonyl (C=O) groups is 2. The number of fused-ring (bicyclic) bond motifs is 1. The molecule has 0 bridgehead atoms. The molecule has 35 heavy (non-hydrogen) atoms. The summed E-state index contributed by atoms with van der Waals surface area (Å²) in [6.07, 6.45) is 1.04. The zero-order valence-corrected chi connectivity index (χ0v) is 21.0. The number of thiophene rings is 1. The summed E-state index contributed by atoms with van der Waals surface area (Å²) in [6, 6.07) is 17.4. The van der Waals surface area contributed by atoms with E-state index in [4.69, 9.17) is 4.74 Å². The minimum absolute atomic E-state index is 0.0276. The van der Waals surface area contributed by atoms with Gasteiger partial charge in [-0.05, 0) is 47.0 Å². The van der Waals surface area contributed by atoms with E-state index in [1.165, 1.54) is 17.0 Å². The molecule has 0 radical (unpaired) electrons. The average molecular weight is 495 g/mol. The predicted molar refractivity (Wildman–Crippen MR) is 136 cm³/mol. The van der Waals surface area contributed by atoms with Crippen LogP contribution in [0.15, 0.2) is 66.0 Å². The third-order valence-corrected chi connectivity index (χ3v) is 7.08. The molecule has 7 heteroatoms. The number of hydrogen-bond acceptors (Lipinski definition) is 4. The van der Waals surface area contributed by atoms with Gasteiger partial charge in [-0.15, -0.1) is 11.3 Å². The van der Waals surface area contributed by atoms with E-state index in [1.807, 2.05) is 60.5 Å². The van der Waals surface area contributed by atoms with Crippen LogP contribution < -0.4 is 4.74 Å². The summed E-state index contributed by atoms with van der Waals surface area (Å²) >= 11 is 1.68. The lowest BCUT2D eigenvalue weighted by atomic mass is 10.00.